The van der Waals surface area contributed by atoms with Crippen LogP contribution in [0.4, 0.5) is 0 Å². The topological polar surface area (TPSA) is 47.8 Å². The average Bonchev–Trinajstić information content (AvgIpc) is 2.58. The number of aryl methyl sites for hydroxylation is 3. The first-order chi connectivity index (χ1) is 7.61. The molecule has 0 atom stereocenters. The van der Waals surface area contributed by atoms with Crippen LogP contribution in [0, 0.1) is 20.8 Å². The first kappa shape index (κ1) is 10.5. The Kier molecular flexibility index (Phi) is 2.56. The summed E-state index contributed by atoms with van der Waals surface area (Å²) < 4.78 is 1.77. The molecular formula is C12H13N3O. The number of carbonyl (C=O) groups is 1. The smallest absolute Gasteiger partial charge is 0.150 e. The van der Waals surface area contributed by atoms with E-state index in [0.717, 1.165) is 29.2 Å². The molecule has 0 fully saturated rings. The van der Waals surface area contributed by atoms with Crippen LogP contribution in [0.25, 0.3) is 5.69 Å². The van der Waals surface area contributed by atoms with Crippen LogP contribution in [-0.2, 0) is 0 Å². The van der Waals surface area contributed by atoms with Gasteiger partial charge in [-0.25, -0.2) is 9.67 Å². The van der Waals surface area contributed by atoms with Crippen molar-refractivity contribution in [1.29, 1.82) is 0 Å². The molecule has 1 aromatic carbocycles. The zero-order valence-corrected chi connectivity index (χ0v) is 9.56. The Morgan fingerprint density at radius 2 is 2.00 bits per heavy atom. The van der Waals surface area contributed by atoms with Crippen LogP contribution < -0.4 is 0 Å². The number of aromatic nitrogens is 3. The quantitative estimate of drug-likeness (QED) is 0.720. The third kappa shape index (κ3) is 1.74. The summed E-state index contributed by atoms with van der Waals surface area (Å²) in [6.45, 7) is 5.67. The van der Waals surface area contributed by atoms with E-state index in [2.05, 4.69) is 10.1 Å². The van der Waals surface area contributed by atoms with E-state index in [-0.39, 0.29) is 0 Å². The molecular weight excluding hydrogens is 202 g/mol. The Morgan fingerprint density at radius 1 is 1.25 bits per heavy atom. The summed E-state index contributed by atoms with van der Waals surface area (Å²) in [5.74, 6) is 1.59. The van der Waals surface area contributed by atoms with Gasteiger partial charge >= 0.3 is 0 Å². The molecule has 0 amide bonds. The summed E-state index contributed by atoms with van der Waals surface area (Å²) in [6, 6.07) is 5.61. The lowest BCUT2D eigenvalue weighted by Crippen LogP contribution is -2.00. The third-order valence-corrected chi connectivity index (χ3v) is 2.50. The molecule has 0 aliphatic rings. The Balaban J connectivity index is 2.53. The van der Waals surface area contributed by atoms with Crippen LogP contribution in [0.3, 0.4) is 0 Å². The zero-order chi connectivity index (χ0) is 11.7. The minimum Gasteiger partial charge on any atom is -0.298 e. The molecule has 0 aliphatic heterocycles. The number of hydrogen-bond donors (Lipinski definition) is 0. The Bertz CT molecular complexity index is 543. The number of rotatable bonds is 2. The summed E-state index contributed by atoms with van der Waals surface area (Å²) >= 11 is 0. The van der Waals surface area contributed by atoms with Crippen LogP contribution >= 0.6 is 0 Å². The highest BCUT2D eigenvalue weighted by Crippen LogP contribution is 2.14. The Labute approximate surface area is 93.9 Å². The molecule has 4 heteroatoms. The van der Waals surface area contributed by atoms with E-state index in [1.807, 2.05) is 32.9 Å². The molecule has 0 spiro atoms. The summed E-state index contributed by atoms with van der Waals surface area (Å²) in [7, 11) is 0. The van der Waals surface area contributed by atoms with Crippen LogP contribution in [-0.4, -0.2) is 21.1 Å². The van der Waals surface area contributed by atoms with Gasteiger partial charge in [-0.2, -0.15) is 5.10 Å². The molecule has 2 rings (SSSR count). The van der Waals surface area contributed by atoms with Gasteiger partial charge in [-0.1, -0.05) is 0 Å². The fraction of sp³-hybridized carbons (Fsp3) is 0.250. The number of benzene rings is 1. The van der Waals surface area contributed by atoms with Crippen molar-refractivity contribution < 1.29 is 4.79 Å². The van der Waals surface area contributed by atoms with Crippen molar-refractivity contribution in [2.45, 2.75) is 20.8 Å². The zero-order valence-electron chi connectivity index (χ0n) is 9.56. The monoisotopic (exact) mass is 215 g/mol. The Hall–Kier alpha value is -1.97. The molecule has 1 aromatic heterocycles. The third-order valence-electron chi connectivity index (χ3n) is 2.50. The van der Waals surface area contributed by atoms with Crippen molar-refractivity contribution in [3.05, 3.63) is 41.0 Å². The lowest BCUT2D eigenvalue weighted by Gasteiger charge is -2.05. The van der Waals surface area contributed by atoms with E-state index in [1.54, 1.807) is 10.7 Å². The van der Waals surface area contributed by atoms with Crippen molar-refractivity contribution >= 4 is 6.29 Å². The molecule has 0 aliphatic carbocycles. The van der Waals surface area contributed by atoms with Gasteiger partial charge in [-0.05, 0) is 44.5 Å². The minimum absolute atomic E-state index is 0.707. The SMILES string of the molecule is Cc1nc(C)n(-c2ccc(C=O)c(C)c2)n1. The van der Waals surface area contributed by atoms with Gasteiger partial charge in [-0.15, -0.1) is 0 Å². The van der Waals surface area contributed by atoms with Crippen LogP contribution in [0.15, 0.2) is 18.2 Å². The van der Waals surface area contributed by atoms with E-state index in [1.165, 1.54) is 0 Å². The molecule has 0 saturated carbocycles. The molecule has 0 unspecified atom stereocenters. The van der Waals surface area contributed by atoms with E-state index < -0.39 is 0 Å². The van der Waals surface area contributed by atoms with Gasteiger partial charge in [0.05, 0.1) is 5.69 Å². The standard InChI is InChI=1S/C12H13N3O/c1-8-6-12(5-4-11(8)7-16)15-10(3)13-9(2)14-15/h4-7H,1-3H3. The molecule has 1 heterocycles. The first-order valence-corrected chi connectivity index (χ1v) is 5.08. The number of aldehydes is 1. The number of carbonyl (C=O) groups excluding carboxylic acids is 1. The Morgan fingerprint density at radius 3 is 2.50 bits per heavy atom. The molecule has 0 saturated heterocycles. The molecule has 2 aromatic rings. The van der Waals surface area contributed by atoms with E-state index in [0.29, 0.717) is 5.56 Å². The van der Waals surface area contributed by atoms with Crippen molar-refractivity contribution in [3.63, 3.8) is 0 Å². The lowest BCUT2D eigenvalue weighted by molar-refractivity contribution is 0.112. The molecule has 4 nitrogen and oxygen atoms in total. The molecule has 0 bridgehead atoms. The molecule has 0 radical (unpaired) electrons. The second-order valence-corrected chi connectivity index (χ2v) is 3.78. The second kappa shape index (κ2) is 3.89. The van der Waals surface area contributed by atoms with Gasteiger partial charge in [0.15, 0.2) is 0 Å². The fourth-order valence-corrected chi connectivity index (χ4v) is 1.69. The number of nitrogens with zero attached hydrogens (tertiary/aromatic N) is 3. The highest BCUT2D eigenvalue weighted by molar-refractivity contribution is 5.77. The molecule has 16 heavy (non-hydrogen) atoms. The van der Waals surface area contributed by atoms with Crippen LogP contribution in [0.1, 0.15) is 27.6 Å². The summed E-state index contributed by atoms with van der Waals surface area (Å²) in [4.78, 5) is 15.0. The van der Waals surface area contributed by atoms with Gasteiger partial charge in [0.1, 0.15) is 17.9 Å². The number of hydrogen-bond acceptors (Lipinski definition) is 3. The summed E-state index contributed by atoms with van der Waals surface area (Å²) in [5, 5.41) is 4.29. The van der Waals surface area contributed by atoms with Crippen molar-refractivity contribution in [1.82, 2.24) is 14.8 Å². The lowest BCUT2D eigenvalue weighted by atomic mass is 10.1. The normalized spacial score (nSPS) is 10.4. The predicted octanol–water partition coefficient (Wildman–Crippen LogP) is 2.01. The van der Waals surface area contributed by atoms with Gasteiger partial charge in [0, 0.05) is 5.56 Å². The van der Waals surface area contributed by atoms with Crippen molar-refractivity contribution in [2.24, 2.45) is 0 Å². The maximum Gasteiger partial charge on any atom is 0.150 e. The van der Waals surface area contributed by atoms with Crippen molar-refractivity contribution in [3.8, 4) is 5.69 Å². The average molecular weight is 215 g/mol. The van der Waals surface area contributed by atoms with Gasteiger partial charge < -0.3 is 0 Å². The van der Waals surface area contributed by atoms with Crippen molar-refractivity contribution in [2.75, 3.05) is 0 Å². The van der Waals surface area contributed by atoms with E-state index in [9.17, 15) is 4.79 Å². The van der Waals surface area contributed by atoms with Gasteiger partial charge in [-0.3, -0.25) is 4.79 Å². The summed E-state index contributed by atoms with van der Waals surface area (Å²) in [6.07, 6.45) is 0.860. The van der Waals surface area contributed by atoms with E-state index >= 15 is 0 Å². The van der Waals surface area contributed by atoms with Crippen LogP contribution in [0.2, 0.25) is 0 Å². The molecule has 0 N–H and O–H groups in total. The summed E-state index contributed by atoms with van der Waals surface area (Å²) in [5.41, 5.74) is 2.58. The van der Waals surface area contributed by atoms with Gasteiger partial charge in [0.25, 0.3) is 0 Å². The molecule has 82 valence electrons. The predicted molar refractivity (Wildman–Crippen MR) is 61.0 cm³/mol. The van der Waals surface area contributed by atoms with Crippen LogP contribution in [0.5, 0.6) is 0 Å². The maximum absolute atomic E-state index is 10.7. The fourth-order valence-electron chi connectivity index (χ4n) is 1.69. The highest BCUT2D eigenvalue weighted by atomic mass is 16.1. The first-order valence-electron chi connectivity index (χ1n) is 5.08. The largest absolute Gasteiger partial charge is 0.298 e. The van der Waals surface area contributed by atoms with Gasteiger partial charge in [0.2, 0.25) is 0 Å². The highest BCUT2D eigenvalue weighted by Gasteiger charge is 2.06. The van der Waals surface area contributed by atoms with E-state index in [4.69, 9.17) is 0 Å². The minimum atomic E-state index is 0.707. The second-order valence-electron chi connectivity index (χ2n) is 3.78. The maximum atomic E-state index is 10.7.